The van der Waals surface area contributed by atoms with Crippen LogP contribution in [0.3, 0.4) is 0 Å². The number of urea groups is 1. The zero-order chi connectivity index (χ0) is 12.7. The van der Waals surface area contributed by atoms with Crippen LogP contribution in [0.25, 0.3) is 0 Å². The number of hydrogen-bond acceptors (Lipinski definition) is 3. The molecule has 2 atom stereocenters. The molecule has 2 unspecified atom stereocenters. The van der Waals surface area contributed by atoms with Gasteiger partial charge in [-0.05, 0) is 41.0 Å². The third-order valence-corrected chi connectivity index (χ3v) is 5.51. The minimum atomic E-state index is 0.165. The molecule has 0 spiro atoms. The van der Waals surface area contributed by atoms with E-state index in [0.717, 1.165) is 29.8 Å². The molecule has 2 aliphatic rings. The van der Waals surface area contributed by atoms with Gasteiger partial charge < -0.3 is 15.1 Å². The summed E-state index contributed by atoms with van der Waals surface area (Å²) >= 11 is 5.20. The van der Waals surface area contributed by atoms with Crippen molar-refractivity contribution >= 4 is 33.3 Å². The molecule has 0 aromatic carbocycles. The highest BCUT2D eigenvalue weighted by molar-refractivity contribution is 9.11. The SMILES string of the molecule is CN1C(=O)N(C2CCNC2)CC1c1ccc(Br)s1. The second-order valence-electron chi connectivity index (χ2n) is 4.85. The number of thiophene rings is 1. The van der Waals surface area contributed by atoms with Crippen LogP contribution in [0.2, 0.25) is 0 Å². The molecule has 18 heavy (non-hydrogen) atoms. The van der Waals surface area contributed by atoms with Crippen LogP contribution >= 0.6 is 27.3 Å². The summed E-state index contributed by atoms with van der Waals surface area (Å²) in [7, 11) is 1.91. The average molecular weight is 330 g/mol. The molecule has 1 N–H and O–H groups in total. The summed E-state index contributed by atoms with van der Waals surface area (Å²) in [5.74, 6) is 0. The summed E-state index contributed by atoms with van der Waals surface area (Å²) < 4.78 is 1.12. The molecule has 6 heteroatoms. The van der Waals surface area contributed by atoms with Crippen molar-refractivity contribution in [2.45, 2.75) is 18.5 Å². The van der Waals surface area contributed by atoms with E-state index in [2.05, 4.69) is 33.4 Å². The van der Waals surface area contributed by atoms with Crippen LogP contribution in [-0.4, -0.2) is 48.6 Å². The largest absolute Gasteiger partial charge is 0.320 e. The van der Waals surface area contributed by atoms with Crippen molar-refractivity contribution in [3.05, 3.63) is 20.8 Å². The Morgan fingerprint density at radius 2 is 2.33 bits per heavy atom. The van der Waals surface area contributed by atoms with E-state index < -0.39 is 0 Å². The highest BCUT2D eigenvalue weighted by Crippen LogP contribution is 2.35. The van der Waals surface area contributed by atoms with E-state index in [4.69, 9.17) is 0 Å². The zero-order valence-electron chi connectivity index (χ0n) is 10.2. The standard InChI is InChI=1S/C12H16BrN3OS/c1-15-9(10-2-3-11(13)18-10)7-16(12(15)17)8-4-5-14-6-8/h2-3,8-9,14H,4-7H2,1H3. The van der Waals surface area contributed by atoms with Crippen LogP contribution in [0.5, 0.6) is 0 Å². The number of hydrogen-bond donors (Lipinski definition) is 1. The van der Waals surface area contributed by atoms with Crippen molar-refractivity contribution in [2.75, 3.05) is 26.7 Å². The van der Waals surface area contributed by atoms with E-state index in [1.54, 1.807) is 11.3 Å². The topological polar surface area (TPSA) is 35.6 Å². The normalized spacial score (nSPS) is 28.4. The van der Waals surface area contributed by atoms with E-state index >= 15 is 0 Å². The summed E-state index contributed by atoms with van der Waals surface area (Å²) in [5.41, 5.74) is 0. The van der Waals surface area contributed by atoms with Gasteiger partial charge in [-0.25, -0.2) is 4.79 Å². The maximum absolute atomic E-state index is 12.3. The average Bonchev–Trinajstić information content (AvgIpc) is 3.04. The maximum atomic E-state index is 12.3. The van der Waals surface area contributed by atoms with Gasteiger partial charge in [-0.1, -0.05) is 0 Å². The minimum Gasteiger partial charge on any atom is -0.318 e. The molecule has 1 aromatic rings. The van der Waals surface area contributed by atoms with Crippen molar-refractivity contribution in [3.63, 3.8) is 0 Å². The van der Waals surface area contributed by atoms with E-state index in [1.807, 2.05) is 16.8 Å². The second kappa shape index (κ2) is 4.83. The first-order chi connectivity index (χ1) is 8.66. The van der Waals surface area contributed by atoms with Crippen LogP contribution in [0, 0.1) is 0 Å². The predicted molar refractivity (Wildman–Crippen MR) is 75.9 cm³/mol. The monoisotopic (exact) mass is 329 g/mol. The minimum absolute atomic E-state index is 0.165. The number of carbonyl (C=O) groups excluding carboxylic acids is 1. The van der Waals surface area contributed by atoms with Gasteiger partial charge in [-0.15, -0.1) is 11.3 Å². The number of amides is 2. The molecule has 2 amide bonds. The van der Waals surface area contributed by atoms with Gasteiger partial charge in [0.05, 0.1) is 9.83 Å². The number of nitrogens with one attached hydrogen (secondary N) is 1. The molecule has 2 aliphatic heterocycles. The lowest BCUT2D eigenvalue weighted by atomic mass is 10.2. The van der Waals surface area contributed by atoms with Gasteiger partial charge in [0.1, 0.15) is 0 Å². The number of nitrogens with zero attached hydrogens (tertiary/aromatic N) is 2. The van der Waals surface area contributed by atoms with Crippen LogP contribution in [0.4, 0.5) is 4.79 Å². The molecule has 3 heterocycles. The first kappa shape index (κ1) is 12.4. The van der Waals surface area contributed by atoms with Crippen molar-refractivity contribution in [3.8, 4) is 0 Å². The number of carbonyl (C=O) groups is 1. The van der Waals surface area contributed by atoms with Crippen LogP contribution in [0.1, 0.15) is 17.3 Å². The molecule has 3 rings (SSSR count). The third kappa shape index (κ3) is 2.06. The van der Waals surface area contributed by atoms with Gasteiger partial charge in [-0.2, -0.15) is 0 Å². The van der Waals surface area contributed by atoms with Crippen LogP contribution in [0.15, 0.2) is 15.9 Å². The molecule has 98 valence electrons. The molecule has 1 aromatic heterocycles. The summed E-state index contributed by atoms with van der Waals surface area (Å²) in [6, 6.07) is 4.90. The van der Waals surface area contributed by atoms with Crippen LogP contribution < -0.4 is 5.32 Å². The Kier molecular flexibility index (Phi) is 3.34. The highest BCUT2D eigenvalue weighted by atomic mass is 79.9. The van der Waals surface area contributed by atoms with E-state index in [-0.39, 0.29) is 12.1 Å². The summed E-state index contributed by atoms with van der Waals surface area (Å²) in [4.78, 5) is 17.5. The van der Waals surface area contributed by atoms with E-state index in [0.29, 0.717) is 6.04 Å². The van der Waals surface area contributed by atoms with Gasteiger partial charge >= 0.3 is 6.03 Å². The first-order valence-electron chi connectivity index (χ1n) is 6.16. The van der Waals surface area contributed by atoms with E-state index in [9.17, 15) is 4.79 Å². The molecule has 0 radical (unpaired) electrons. The lowest BCUT2D eigenvalue weighted by Gasteiger charge is -2.22. The lowest BCUT2D eigenvalue weighted by molar-refractivity contribution is 0.184. The molecule has 0 aliphatic carbocycles. The Bertz CT molecular complexity index is 458. The smallest absolute Gasteiger partial charge is 0.318 e. The Morgan fingerprint density at radius 1 is 1.50 bits per heavy atom. The van der Waals surface area contributed by atoms with Gasteiger partial charge in [-0.3, -0.25) is 0 Å². The van der Waals surface area contributed by atoms with Crippen LogP contribution in [-0.2, 0) is 0 Å². The molecular formula is C12H16BrN3OS. The Morgan fingerprint density at radius 3 is 2.94 bits per heavy atom. The molecule has 0 bridgehead atoms. The predicted octanol–water partition coefficient (Wildman–Crippen LogP) is 2.28. The summed E-state index contributed by atoms with van der Waals surface area (Å²) in [5, 5.41) is 3.33. The summed E-state index contributed by atoms with van der Waals surface area (Å²) in [6.07, 6.45) is 1.07. The molecule has 2 saturated heterocycles. The zero-order valence-corrected chi connectivity index (χ0v) is 12.6. The first-order valence-corrected chi connectivity index (χ1v) is 7.77. The van der Waals surface area contributed by atoms with Gasteiger partial charge in [0.15, 0.2) is 0 Å². The van der Waals surface area contributed by atoms with Crippen molar-refractivity contribution < 1.29 is 4.79 Å². The fourth-order valence-corrected chi connectivity index (χ4v) is 4.28. The van der Waals surface area contributed by atoms with E-state index in [1.165, 1.54) is 4.88 Å². The fraction of sp³-hybridized carbons (Fsp3) is 0.583. The third-order valence-electron chi connectivity index (χ3n) is 3.78. The molecular weight excluding hydrogens is 314 g/mol. The van der Waals surface area contributed by atoms with Gasteiger partial charge in [0.25, 0.3) is 0 Å². The summed E-state index contributed by atoms with van der Waals surface area (Å²) in [6.45, 7) is 2.77. The highest BCUT2D eigenvalue weighted by Gasteiger charge is 2.40. The van der Waals surface area contributed by atoms with Gasteiger partial charge in [0.2, 0.25) is 0 Å². The van der Waals surface area contributed by atoms with Crippen molar-refractivity contribution in [1.29, 1.82) is 0 Å². The number of rotatable bonds is 2. The van der Waals surface area contributed by atoms with Crippen molar-refractivity contribution in [1.82, 2.24) is 15.1 Å². The Balaban J connectivity index is 1.80. The molecule has 0 saturated carbocycles. The fourth-order valence-electron chi connectivity index (χ4n) is 2.72. The molecule has 2 fully saturated rings. The van der Waals surface area contributed by atoms with Crippen molar-refractivity contribution in [2.24, 2.45) is 0 Å². The number of halogens is 1. The lowest BCUT2D eigenvalue weighted by Crippen LogP contribution is -2.39. The number of likely N-dealkylation sites (N-methyl/N-ethyl adjacent to an activating group) is 1. The Hall–Kier alpha value is -0.590. The Labute approximate surface area is 119 Å². The van der Waals surface area contributed by atoms with Gasteiger partial charge in [0, 0.05) is 31.1 Å². The second-order valence-corrected chi connectivity index (χ2v) is 7.34. The maximum Gasteiger partial charge on any atom is 0.320 e. The molecule has 4 nitrogen and oxygen atoms in total. The quantitative estimate of drug-likeness (QED) is 0.903.